The minimum atomic E-state index is 0.819. The molecule has 0 heterocycles. The highest BCUT2D eigenvalue weighted by Crippen LogP contribution is 2.38. The maximum absolute atomic E-state index is 2.48. The van der Waals surface area contributed by atoms with Gasteiger partial charge in [-0.25, -0.2) is 0 Å². The third-order valence-electron chi connectivity index (χ3n) is 3.17. The summed E-state index contributed by atoms with van der Waals surface area (Å²) in [6, 6.07) is 0. The summed E-state index contributed by atoms with van der Waals surface area (Å²) >= 11 is 0. The van der Waals surface area contributed by atoms with Gasteiger partial charge in [0.15, 0.2) is 0 Å². The van der Waals surface area contributed by atoms with E-state index < -0.39 is 0 Å². The molecule has 0 N–H and O–H groups in total. The van der Waals surface area contributed by atoms with Crippen LogP contribution in [0.5, 0.6) is 0 Å². The van der Waals surface area contributed by atoms with Crippen LogP contribution in [-0.2, 0) is 0 Å². The van der Waals surface area contributed by atoms with Crippen molar-refractivity contribution in [1.82, 2.24) is 0 Å². The number of allylic oxidation sites excluding steroid dienone is 4. The van der Waals surface area contributed by atoms with E-state index in [0.29, 0.717) is 0 Å². The molecular weight excluding hydrogens is 132 g/mol. The van der Waals surface area contributed by atoms with Crippen molar-refractivity contribution in [2.24, 2.45) is 17.8 Å². The van der Waals surface area contributed by atoms with Gasteiger partial charge in [0, 0.05) is 5.92 Å². The van der Waals surface area contributed by atoms with Gasteiger partial charge >= 0.3 is 0 Å². The number of rotatable bonds is 1. The number of hydrogen-bond acceptors (Lipinski definition) is 0. The minimum Gasteiger partial charge on any atom is -0.0870 e. The number of hydrogen-bond donors (Lipinski definition) is 0. The van der Waals surface area contributed by atoms with Gasteiger partial charge in [0.05, 0.1) is 0 Å². The Hall–Kier alpha value is -0.520. The van der Waals surface area contributed by atoms with E-state index in [1.807, 2.05) is 0 Å². The van der Waals surface area contributed by atoms with Gasteiger partial charge in [-0.3, -0.25) is 0 Å². The molecule has 0 bridgehead atoms. The molecule has 0 heteroatoms. The third-order valence-corrected chi connectivity index (χ3v) is 3.17. The topological polar surface area (TPSA) is 0 Å². The molecule has 3 atom stereocenters. The maximum atomic E-state index is 2.48. The average molecular weight is 148 g/mol. The largest absolute Gasteiger partial charge is 0.0870 e. The van der Waals surface area contributed by atoms with Gasteiger partial charge in [-0.1, -0.05) is 37.6 Å². The average Bonchev–Trinajstić information content (AvgIpc) is 2.08. The lowest BCUT2D eigenvalue weighted by molar-refractivity contribution is 0.485. The molecule has 60 valence electrons. The van der Waals surface area contributed by atoms with Crippen LogP contribution in [0.1, 0.15) is 26.7 Å². The molecule has 0 fully saturated rings. The van der Waals surface area contributed by atoms with Crippen molar-refractivity contribution in [2.75, 3.05) is 0 Å². The first-order valence-corrected chi connectivity index (χ1v) is 4.64. The monoisotopic (exact) mass is 148 g/mol. The zero-order valence-corrected chi connectivity index (χ0v) is 7.38. The Morgan fingerprint density at radius 3 is 2.45 bits per heavy atom. The first-order chi connectivity index (χ1) is 5.27. The second-order valence-corrected chi connectivity index (χ2v) is 4.05. The molecule has 0 saturated heterocycles. The van der Waals surface area contributed by atoms with Crippen molar-refractivity contribution >= 4 is 0 Å². The molecule has 0 amide bonds. The highest BCUT2D eigenvalue weighted by Gasteiger charge is 2.25. The molecule has 0 aromatic heterocycles. The van der Waals surface area contributed by atoms with Gasteiger partial charge in [-0.2, -0.15) is 0 Å². The van der Waals surface area contributed by atoms with E-state index in [1.165, 1.54) is 12.8 Å². The van der Waals surface area contributed by atoms with Gasteiger partial charge in [0.2, 0.25) is 0 Å². The van der Waals surface area contributed by atoms with Gasteiger partial charge in [-0.15, -0.1) is 0 Å². The summed E-state index contributed by atoms with van der Waals surface area (Å²) in [5.41, 5.74) is 1.70. The lowest BCUT2D eigenvalue weighted by atomic mass is 9.86. The SMILES string of the molecule is CC1C=C(C2C=CC2)CC1C. The van der Waals surface area contributed by atoms with Crippen molar-refractivity contribution in [3.8, 4) is 0 Å². The molecule has 11 heavy (non-hydrogen) atoms. The van der Waals surface area contributed by atoms with E-state index >= 15 is 0 Å². The molecule has 3 unspecified atom stereocenters. The summed E-state index contributed by atoms with van der Waals surface area (Å²) in [6.07, 6.45) is 9.75. The summed E-state index contributed by atoms with van der Waals surface area (Å²) in [5.74, 6) is 2.53. The fourth-order valence-electron chi connectivity index (χ4n) is 1.95. The van der Waals surface area contributed by atoms with Crippen LogP contribution in [0, 0.1) is 17.8 Å². The molecule has 0 aromatic rings. The first-order valence-electron chi connectivity index (χ1n) is 4.64. The Morgan fingerprint density at radius 2 is 2.09 bits per heavy atom. The highest BCUT2D eigenvalue weighted by atomic mass is 14.3. The molecule has 0 spiro atoms. The van der Waals surface area contributed by atoms with Crippen LogP contribution in [0.3, 0.4) is 0 Å². The minimum absolute atomic E-state index is 0.819. The fraction of sp³-hybridized carbons (Fsp3) is 0.636. The lowest BCUT2D eigenvalue weighted by Crippen LogP contribution is -2.05. The van der Waals surface area contributed by atoms with E-state index in [2.05, 4.69) is 32.1 Å². The van der Waals surface area contributed by atoms with Crippen molar-refractivity contribution < 1.29 is 0 Å². The van der Waals surface area contributed by atoms with Crippen LogP contribution >= 0.6 is 0 Å². The van der Waals surface area contributed by atoms with Crippen LogP contribution in [0.2, 0.25) is 0 Å². The quantitative estimate of drug-likeness (QED) is 0.501. The lowest BCUT2D eigenvalue weighted by Gasteiger charge is -2.19. The zero-order valence-electron chi connectivity index (χ0n) is 7.38. The second kappa shape index (κ2) is 2.51. The summed E-state index contributed by atoms with van der Waals surface area (Å²) in [5, 5.41) is 0. The van der Waals surface area contributed by atoms with E-state index in [0.717, 1.165) is 17.8 Å². The first kappa shape index (κ1) is 7.15. The molecule has 0 aliphatic heterocycles. The molecule has 0 radical (unpaired) electrons. The summed E-state index contributed by atoms with van der Waals surface area (Å²) in [4.78, 5) is 0. The normalized spacial score (nSPS) is 42.0. The van der Waals surface area contributed by atoms with Crippen molar-refractivity contribution in [3.63, 3.8) is 0 Å². The van der Waals surface area contributed by atoms with Gasteiger partial charge < -0.3 is 0 Å². The zero-order chi connectivity index (χ0) is 7.84. The Bertz CT molecular complexity index is 210. The summed E-state index contributed by atoms with van der Waals surface area (Å²) in [7, 11) is 0. The highest BCUT2D eigenvalue weighted by molar-refractivity contribution is 5.25. The van der Waals surface area contributed by atoms with Crippen molar-refractivity contribution in [3.05, 3.63) is 23.8 Å². The van der Waals surface area contributed by atoms with Crippen LogP contribution in [0.25, 0.3) is 0 Å². The predicted molar refractivity (Wildman–Crippen MR) is 48.3 cm³/mol. The molecule has 2 aliphatic rings. The van der Waals surface area contributed by atoms with Crippen molar-refractivity contribution in [2.45, 2.75) is 26.7 Å². The van der Waals surface area contributed by atoms with Gasteiger partial charge in [-0.05, 0) is 24.7 Å². The Morgan fingerprint density at radius 1 is 1.36 bits per heavy atom. The summed E-state index contributed by atoms with van der Waals surface area (Å²) in [6.45, 7) is 4.69. The van der Waals surface area contributed by atoms with Crippen molar-refractivity contribution in [1.29, 1.82) is 0 Å². The van der Waals surface area contributed by atoms with Crippen LogP contribution < -0.4 is 0 Å². The molecule has 0 nitrogen and oxygen atoms in total. The molecular formula is C11H16. The summed E-state index contributed by atoms with van der Waals surface area (Å²) < 4.78 is 0. The van der Waals surface area contributed by atoms with Crippen LogP contribution in [0.4, 0.5) is 0 Å². The van der Waals surface area contributed by atoms with E-state index in [4.69, 9.17) is 0 Å². The fourth-order valence-corrected chi connectivity index (χ4v) is 1.95. The molecule has 0 aromatic carbocycles. The van der Waals surface area contributed by atoms with E-state index in [-0.39, 0.29) is 0 Å². The standard InChI is InChI=1S/C11H16/c1-8-6-11(7-9(8)2)10-4-3-5-10/h3-4,6,8-10H,5,7H2,1-2H3. The predicted octanol–water partition coefficient (Wildman–Crippen LogP) is 3.16. The Labute approximate surface area is 69.0 Å². The Kier molecular flexibility index (Phi) is 1.63. The van der Waals surface area contributed by atoms with E-state index in [1.54, 1.807) is 5.57 Å². The second-order valence-electron chi connectivity index (χ2n) is 4.05. The maximum Gasteiger partial charge on any atom is 0.00114 e. The molecule has 2 aliphatic carbocycles. The molecule has 2 rings (SSSR count). The van der Waals surface area contributed by atoms with E-state index in [9.17, 15) is 0 Å². The Balaban J connectivity index is 2.05. The van der Waals surface area contributed by atoms with Crippen LogP contribution in [-0.4, -0.2) is 0 Å². The molecule has 0 saturated carbocycles. The third kappa shape index (κ3) is 1.15. The van der Waals surface area contributed by atoms with Crippen LogP contribution in [0.15, 0.2) is 23.8 Å². The van der Waals surface area contributed by atoms with Gasteiger partial charge in [0.25, 0.3) is 0 Å². The smallest absolute Gasteiger partial charge is 0.00114 e. The van der Waals surface area contributed by atoms with Gasteiger partial charge in [0.1, 0.15) is 0 Å².